The number of nitrogens with one attached hydrogen (secondary N) is 1. The number of carbonyl (C=O) groups is 1. The fourth-order valence-electron chi connectivity index (χ4n) is 4.30. The first-order valence-electron chi connectivity index (χ1n) is 8.46. The van der Waals surface area contributed by atoms with E-state index in [1.54, 1.807) is 6.20 Å². The second kappa shape index (κ2) is 6.34. The fraction of sp³-hybridized carbons (Fsp3) is 0.474. The SMILES string of the molecule is CC1(C)C(NC(=O)c2cc3ccccc3cn2)C2CCN1CC2.Cl. The van der Waals surface area contributed by atoms with Gasteiger partial charge < -0.3 is 5.32 Å². The van der Waals surface area contributed by atoms with Crippen molar-refractivity contribution in [2.24, 2.45) is 5.92 Å². The molecule has 0 radical (unpaired) electrons. The van der Waals surface area contributed by atoms with Crippen molar-refractivity contribution in [1.29, 1.82) is 0 Å². The summed E-state index contributed by atoms with van der Waals surface area (Å²) in [6.45, 7) is 6.80. The summed E-state index contributed by atoms with van der Waals surface area (Å²) in [4.78, 5) is 19.6. The Bertz CT molecular complexity index is 753. The molecule has 2 aromatic rings. The van der Waals surface area contributed by atoms with E-state index in [9.17, 15) is 4.79 Å². The van der Waals surface area contributed by atoms with Crippen LogP contribution in [-0.2, 0) is 0 Å². The minimum absolute atomic E-state index is 0. The maximum Gasteiger partial charge on any atom is 0.270 e. The van der Waals surface area contributed by atoms with Gasteiger partial charge in [-0.3, -0.25) is 14.7 Å². The highest BCUT2D eigenvalue weighted by atomic mass is 35.5. The lowest BCUT2D eigenvalue weighted by atomic mass is 9.72. The van der Waals surface area contributed by atoms with Crippen LogP contribution in [0.5, 0.6) is 0 Å². The second-order valence-electron chi connectivity index (χ2n) is 7.35. The predicted octanol–water partition coefficient (Wildman–Crippen LogP) is 3.26. The van der Waals surface area contributed by atoms with Crippen LogP contribution in [0.3, 0.4) is 0 Å². The summed E-state index contributed by atoms with van der Waals surface area (Å²) < 4.78 is 0. The Morgan fingerprint density at radius 2 is 1.88 bits per heavy atom. The minimum atomic E-state index is -0.0532. The third kappa shape index (κ3) is 2.78. The molecule has 1 aromatic carbocycles. The van der Waals surface area contributed by atoms with Gasteiger partial charge >= 0.3 is 0 Å². The summed E-state index contributed by atoms with van der Waals surface area (Å²) in [5.74, 6) is 0.530. The number of rotatable bonds is 2. The zero-order chi connectivity index (χ0) is 16.0. The van der Waals surface area contributed by atoms with Crippen LogP contribution in [0.1, 0.15) is 37.2 Å². The summed E-state index contributed by atoms with van der Waals surface area (Å²) in [6.07, 6.45) is 4.14. The first-order valence-corrected chi connectivity index (χ1v) is 8.46. The van der Waals surface area contributed by atoms with Gasteiger partial charge in [0.1, 0.15) is 5.69 Å². The molecule has 3 aliphatic rings. The Kier molecular flexibility index (Phi) is 4.54. The van der Waals surface area contributed by atoms with Crippen molar-refractivity contribution >= 4 is 29.1 Å². The Balaban J connectivity index is 0.00000169. The minimum Gasteiger partial charge on any atom is -0.346 e. The quantitative estimate of drug-likeness (QED) is 0.908. The molecule has 24 heavy (non-hydrogen) atoms. The lowest BCUT2D eigenvalue weighted by Gasteiger charge is -2.56. The average Bonchev–Trinajstić information content (AvgIpc) is 2.58. The molecule has 0 aliphatic carbocycles. The van der Waals surface area contributed by atoms with Gasteiger partial charge in [0.05, 0.1) is 0 Å². The zero-order valence-electron chi connectivity index (χ0n) is 14.2. The normalized spacial score (nSPS) is 27.5. The van der Waals surface area contributed by atoms with Crippen LogP contribution in [0.2, 0.25) is 0 Å². The summed E-state index contributed by atoms with van der Waals surface area (Å²) >= 11 is 0. The van der Waals surface area contributed by atoms with Crippen molar-refractivity contribution < 1.29 is 4.79 Å². The summed E-state index contributed by atoms with van der Waals surface area (Å²) in [5, 5.41) is 5.40. The molecule has 5 heteroatoms. The molecule has 3 fully saturated rings. The Labute approximate surface area is 149 Å². The van der Waals surface area contributed by atoms with Crippen molar-refractivity contribution in [1.82, 2.24) is 15.2 Å². The molecule has 1 atom stereocenters. The number of carbonyl (C=O) groups excluding carboxylic acids is 1. The smallest absolute Gasteiger partial charge is 0.270 e. The van der Waals surface area contributed by atoms with E-state index >= 15 is 0 Å². The molecular formula is C19H24ClN3O. The van der Waals surface area contributed by atoms with Crippen molar-refractivity contribution in [2.75, 3.05) is 13.1 Å². The molecule has 1 aromatic heterocycles. The first kappa shape index (κ1) is 17.2. The highest BCUT2D eigenvalue weighted by Gasteiger charge is 2.48. The summed E-state index contributed by atoms with van der Waals surface area (Å²) in [7, 11) is 0. The number of hydrogen-bond donors (Lipinski definition) is 1. The van der Waals surface area contributed by atoms with Crippen molar-refractivity contribution in [2.45, 2.75) is 38.3 Å². The Hall–Kier alpha value is -1.65. The van der Waals surface area contributed by atoms with Crippen molar-refractivity contribution in [3.05, 3.63) is 42.2 Å². The maximum atomic E-state index is 12.7. The van der Waals surface area contributed by atoms with Gasteiger partial charge in [0.25, 0.3) is 5.91 Å². The van der Waals surface area contributed by atoms with E-state index in [-0.39, 0.29) is 29.9 Å². The molecule has 0 spiro atoms. The van der Waals surface area contributed by atoms with Crippen LogP contribution in [0, 0.1) is 5.92 Å². The highest BCUT2D eigenvalue weighted by Crippen LogP contribution is 2.39. The van der Waals surface area contributed by atoms with Gasteiger partial charge in [-0.2, -0.15) is 0 Å². The number of pyridine rings is 1. The molecule has 0 saturated carbocycles. The fourth-order valence-corrected chi connectivity index (χ4v) is 4.30. The number of hydrogen-bond acceptors (Lipinski definition) is 3. The lowest BCUT2D eigenvalue weighted by Crippen LogP contribution is -2.69. The van der Waals surface area contributed by atoms with E-state index in [2.05, 4.69) is 29.0 Å². The molecule has 3 saturated heterocycles. The van der Waals surface area contributed by atoms with E-state index in [4.69, 9.17) is 0 Å². The molecule has 1 amide bonds. The molecule has 5 rings (SSSR count). The standard InChI is InChI=1S/C19H23N3O.ClH/c1-19(2)17(13-7-9-22(19)10-8-13)21-18(23)16-11-14-5-3-4-6-15(14)12-20-16;/h3-6,11-13,17H,7-10H2,1-2H3,(H,21,23);1H. The van der Waals surface area contributed by atoms with Crippen LogP contribution < -0.4 is 5.32 Å². The maximum absolute atomic E-state index is 12.7. The van der Waals surface area contributed by atoms with Crippen LogP contribution in [0.4, 0.5) is 0 Å². The highest BCUT2D eigenvalue weighted by molar-refractivity contribution is 5.96. The molecule has 4 heterocycles. The lowest BCUT2D eigenvalue weighted by molar-refractivity contribution is -0.0378. The van der Waals surface area contributed by atoms with Crippen molar-refractivity contribution in [3.8, 4) is 0 Å². The Morgan fingerprint density at radius 3 is 2.54 bits per heavy atom. The van der Waals surface area contributed by atoms with Crippen LogP contribution in [-0.4, -0.2) is 40.5 Å². The number of aromatic nitrogens is 1. The molecule has 128 valence electrons. The van der Waals surface area contributed by atoms with Crippen LogP contribution in [0.15, 0.2) is 36.5 Å². The number of piperidine rings is 3. The van der Waals surface area contributed by atoms with Gasteiger partial charge in [-0.15, -0.1) is 12.4 Å². The van der Waals surface area contributed by atoms with Gasteiger partial charge in [-0.05, 0) is 57.1 Å². The van der Waals surface area contributed by atoms with Crippen LogP contribution in [0.25, 0.3) is 10.8 Å². The van der Waals surface area contributed by atoms with E-state index in [1.807, 2.05) is 30.3 Å². The van der Waals surface area contributed by atoms with E-state index in [1.165, 1.54) is 12.8 Å². The monoisotopic (exact) mass is 345 g/mol. The first-order chi connectivity index (χ1) is 11.1. The summed E-state index contributed by atoms with van der Waals surface area (Å²) in [5.41, 5.74) is 0.532. The third-order valence-electron chi connectivity index (χ3n) is 5.74. The number of fused-ring (bicyclic) bond motifs is 4. The largest absolute Gasteiger partial charge is 0.346 e. The van der Waals surface area contributed by atoms with Gasteiger partial charge in [-0.25, -0.2) is 0 Å². The zero-order valence-corrected chi connectivity index (χ0v) is 15.0. The summed E-state index contributed by atoms with van der Waals surface area (Å²) in [6, 6.07) is 10.1. The molecule has 1 N–H and O–H groups in total. The van der Waals surface area contributed by atoms with Gasteiger partial charge in [0.2, 0.25) is 0 Å². The Morgan fingerprint density at radius 1 is 1.21 bits per heavy atom. The molecule has 3 aliphatic heterocycles. The van der Waals surface area contributed by atoms with Crippen molar-refractivity contribution in [3.63, 3.8) is 0 Å². The van der Waals surface area contributed by atoms with Gasteiger partial charge in [0.15, 0.2) is 0 Å². The van der Waals surface area contributed by atoms with E-state index in [0.29, 0.717) is 11.6 Å². The third-order valence-corrected chi connectivity index (χ3v) is 5.74. The predicted molar refractivity (Wildman–Crippen MR) is 98.6 cm³/mol. The van der Waals surface area contributed by atoms with E-state index < -0.39 is 0 Å². The van der Waals surface area contributed by atoms with Crippen LogP contribution >= 0.6 is 12.4 Å². The number of halogens is 1. The topological polar surface area (TPSA) is 45.2 Å². The number of amides is 1. The van der Waals surface area contributed by atoms with Gasteiger partial charge in [0, 0.05) is 23.2 Å². The number of benzene rings is 1. The van der Waals surface area contributed by atoms with E-state index in [0.717, 1.165) is 23.9 Å². The average molecular weight is 346 g/mol. The number of nitrogens with zero attached hydrogens (tertiary/aromatic N) is 2. The molecule has 1 unspecified atom stereocenters. The molecule has 4 nitrogen and oxygen atoms in total. The van der Waals surface area contributed by atoms with Gasteiger partial charge in [-0.1, -0.05) is 24.3 Å². The second-order valence-corrected chi connectivity index (χ2v) is 7.35. The molecular weight excluding hydrogens is 322 g/mol. The molecule has 2 bridgehead atoms.